The van der Waals surface area contributed by atoms with Gasteiger partial charge in [0.2, 0.25) is 0 Å². The summed E-state index contributed by atoms with van der Waals surface area (Å²) in [7, 11) is 0. The zero-order valence-electron chi connectivity index (χ0n) is 17.0. The molecule has 1 fully saturated rings. The van der Waals surface area contributed by atoms with Crippen molar-refractivity contribution < 1.29 is 13.2 Å². The molecule has 0 nitrogen and oxygen atoms in total. The fourth-order valence-electron chi connectivity index (χ4n) is 4.71. The number of unbranched alkanes of at least 4 members (excludes halogenated alkanes) is 1. The zero-order valence-corrected chi connectivity index (χ0v) is 17.0. The maximum atomic E-state index is 14.6. The lowest BCUT2D eigenvalue weighted by atomic mass is 9.73. The van der Waals surface area contributed by atoms with E-state index in [2.05, 4.69) is 13.8 Å². The molecule has 0 saturated heterocycles. The third kappa shape index (κ3) is 5.18. The largest absolute Gasteiger partial charge is 0.207 e. The van der Waals surface area contributed by atoms with Crippen LogP contribution in [0.1, 0.15) is 64.4 Å². The van der Waals surface area contributed by atoms with Crippen LogP contribution in [0.5, 0.6) is 0 Å². The third-order valence-electron chi connectivity index (χ3n) is 6.45. The van der Waals surface area contributed by atoms with Crippen molar-refractivity contribution in [1.82, 2.24) is 0 Å². The van der Waals surface area contributed by atoms with Gasteiger partial charge in [0.25, 0.3) is 0 Å². The molecule has 0 heterocycles. The normalized spacial score (nSPS) is 20.9. The van der Waals surface area contributed by atoms with Crippen molar-refractivity contribution in [3.63, 3.8) is 0 Å². The lowest BCUT2D eigenvalue weighted by molar-refractivity contribution is 0.204. The first kappa shape index (κ1) is 21.0. The Hall–Kier alpha value is -1.77. The van der Waals surface area contributed by atoms with E-state index in [1.54, 1.807) is 0 Å². The van der Waals surface area contributed by atoms with E-state index in [1.165, 1.54) is 81.3 Å². The summed E-state index contributed by atoms with van der Waals surface area (Å²) in [5.74, 6) is 0.366. The van der Waals surface area contributed by atoms with Gasteiger partial charge in [-0.2, -0.15) is 0 Å². The molecule has 152 valence electrons. The van der Waals surface area contributed by atoms with Crippen LogP contribution in [0.4, 0.5) is 13.2 Å². The molecule has 1 saturated carbocycles. The molecular weight excluding hydrogens is 357 g/mol. The van der Waals surface area contributed by atoms with Crippen LogP contribution in [0.25, 0.3) is 11.1 Å². The highest BCUT2D eigenvalue weighted by molar-refractivity contribution is 5.65. The van der Waals surface area contributed by atoms with E-state index >= 15 is 0 Å². The van der Waals surface area contributed by atoms with E-state index in [-0.39, 0.29) is 5.56 Å². The molecular formula is C25H31F3. The average Bonchev–Trinajstić information content (AvgIpc) is 2.67. The van der Waals surface area contributed by atoms with Crippen molar-refractivity contribution in [1.29, 1.82) is 0 Å². The third-order valence-corrected chi connectivity index (χ3v) is 6.45. The number of benzene rings is 2. The van der Waals surface area contributed by atoms with E-state index in [0.29, 0.717) is 29.4 Å². The highest BCUT2D eigenvalue weighted by Gasteiger charge is 2.25. The molecule has 0 bridgehead atoms. The minimum Gasteiger partial charge on any atom is -0.207 e. The highest BCUT2D eigenvalue weighted by Crippen LogP contribution is 2.37. The van der Waals surface area contributed by atoms with E-state index in [0.717, 1.165) is 5.92 Å². The van der Waals surface area contributed by atoms with Crippen LogP contribution in [-0.4, -0.2) is 0 Å². The summed E-state index contributed by atoms with van der Waals surface area (Å²) in [5.41, 5.74) is 0.996. The van der Waals surface area contributed by atoms with Gasteiger partial charge in [-0.1, -0.05) is 58.1 Å². The van der Waals surface area contributed by atoms with Gasteiger partial charge in [-0.15, -0.1) is 0 Å². The van der Waals surface area contributed by atoms with Gasteiger partial charge in [0.15, 0.2) is 0 Å². The topological polar surface area (TPSA) is 0 Å². The van der Waals surface area contributed by atoms with Crippen LogP contribution >= 0.6 is 0 Å². The second kappa shape index (κ2) is 9.62. The van der Waals surface area contributed by atoms with Crippen LogP contribution in [0.3, 0.4) is 0 Å². The van der Waals surface area contributed by atoms with Crippen LogP contribution < -0.4 is 0 Å². The summed E-state index contributed by atoms with van der Waals surface area (Å²) in [6.07, 6.45) is 9.68. The summed E-state index contributed by atoms with van der Waals surface area (Å²) < 4.78 is 42.3. The van der Waals surface area contributed by atoms with Gasteiger partial charge in [0.05, 0.1) is 5.56 Å². The minimum atomic E-state index is -0.572. The summed E-state index contributed by atoms with van der Waals surface area (Å²) in [6.45, 7) is 4.45. The Kier molecular flexibility index (Phi) is 7.20. The number of hydrogen-bond acceptors (Lipinski definition) is 0. The molecule has 2 aromatic carbocycles. The molecule has 0 radical (unpaired) electrons. The lowest BCUT2D eigenvalue weighted by Gasteiger charge is -2.32. The number of halogens is 3. The predicted octanol–water partition coefficient (Wildman–Crippen LogP) is 7.95. The van der Waals surface area contributed by atoms with E-state index < -0.39 is 17.5 Å². The first-order valence-electron chi connectivity index (χ1n) is 10.7. The van der Waals surface area contributed by atoms with Crippen molar-refractivity contribution >= 4 is 0 Å². The fourth-order valence-corrected chi connectivity index (χ4v) is 4.71. The standard InChI is InChI=1S/C25H31F3/c1-3-4-5-18-6-8-20(9-7-18)17(2)14-19-15-23(27)25(24(28)16-19)21-10-12-22(26)13-11-21/h10-13,15-18,20H,3-9,14H2,1-2H3. The van der Waals surface area contributed by atoms with E-state index in [4.69, 9.17) is 0 Å². The zero-order chi connectivity index (χ0) is 20.1. The maximum Gasteiger partial charge on any atom is 0.134 e. The molecule has 0 aliphatic heterocycles. The van der Waals surface area contributed by atoms with Gasteiger partial charge in [-0.3, -0.25) is 0 Å². The smallest absolute Gasteiger partial charge is 0.134 e. The molecule has 1 aliphatic carbocycles. The van der Waals surface area contributed by atoms with Crippen LogP contribution in [0.15, 0.2) is 36.4 Å². The summed E-state index contributed by atoms with van der Waals surface area (Å²) in [4.78, 5) is 0. The monoisotopic (exact) mass is 388 g/mol. The molecule has 28 heavy (non-hydrogen) atoms. The summed E-state index contributed by atoms with van der Waals surface area (Å²) >= 11 is 0. The lowest BCUT2D eigenvalue weighted by Crippen LogP contribution is -2.21. The van der Waals surface area contributed by atoms with Crippen LogP contribution in [0, 0.1) is 35.2 Å². The average molecular weight is 389 g/mol. The van der Waals surface area contributed by atoms with Crippen molar-refractivity contribution in [2.24, 2.45) is 17.8 Å². The Labute approximate surface area is 167 Å². The Morgan fingerprint density at radius 2 is 1.54 bits per heavy atom. The van der Waals surface area contributed by atoms with Crippen LogP contribution in [0.2, 0.25) is 0 Å². The second-order valence-corrected chi connectivity index (χ2v) is 8.55. The summed E-state index contributed by atoms with van der Waals surface area (Å²) in [6, 6.07) is 8.17. The molecule has 0 aromatic heterocycles. The van der Waals surface area contributed by atoms with E-state index in [9.17, 15) is 13.2 Å². The molecule has 3 rings (SSSR count). The molecule has 1 aliphatic rings. The van der Waals surface area contributed by atoms with E-state index in [1.807, 2.05) is 0 Å². The molecule has 0 N–H and O–H groups in total. The Morgan fingerprint density at radius 3 is 2.11 bits per heavy atom. The van der Waals surface area contributed by atoms with Crippen molar-refractivity contribution in [2.45, 2.75) is 65.2 Å². The number of rotatable bonds is 7. The first-order chi connectivity index (χ1) is 13.5. The minimum absolute atomic E-state index is 0.0761. The maximum absolute atomic E-state index is 14.6. The summed E-state index contributed by atoms with van der Waals surface area (Å²) in [5, 5.41) is 0. The molecule has 2 aromatic rings. The fraction of sp³-hybridized carbons (Fsp3) is 0.520. The Morgan fingerprint density at radius 1 is 0.929 bits per heavy atom. The molecule has 1 atom stereocenters. The predicted molar refractivity (Wildman–Crippen MR) is 110 cm³/mol. The van der Waals surface area contributed by atoms with Crippen LogP contribution in [-0.2, 0) is 6.42 Å². The van der Waals surface area contributed by atoms with Crippen molar-refractivity contribution in [3.8, 4) is 11.1 Å². The highest BCUT2D eigenvalue weighted by atomic mass is 19.1. The molecule has 1 unspecified atom stereocenters. The SMILES string of the molecule is CCCCC1CCC(C(C)Cc2cc(F)c(-c3ccc(F)cc3)c(F)c2)CC1. The second-order valence-electron chi connectivity index (χ2n) is 8.55. The Balaban J connectivity index is 1.64. The van der Waals surface area contributed by atoms with Gasteiger partial charge in [0.1, 0.15) is 17.5 Å². The Bertz CT molecular complexity index is 735. The van der Waals surface area contributed by atoms with Gasteiger partial charge >= 0.3 is 0 Å². The van der Waals surface area contributed by atoms with Gasteiger partial charge in [0, 0.05) is 0 Å². The first-order valence-corrected chi connectivity index (χ1v) is 10.7. The van der Waals surface area contributed by atoms with Gasteiger partial charge in [-0.05, 0) is 72.4 Å². The molecule has 3 heteroatoms. The van der Waals surface area contributed by atoms with Gasteiger partial charge in [-0.25, -0.2) is 13.2 Å². The number of hydrogen-bond donors (Lipinski definition) is 0. The van der Waals surface area contributed by atoms with Crippen molar-refractivity contribution in [2.75, 3.05) is 0 Å². The molecule has 0 spiro atoms. The quantitative estimate of drug-likeness (QED) is 0.451. The van der Waals surface area contributed by atoms with Crippen molar-refractivity contribution in [3.05, 3.63) is 59.4 Å². The molecule has 0 amide bonds. The van der Waals surface area contributed by atoms with Gasteiger partial charge < -0.3 is 0 Å².